The van der Waals surface area contributed by atoms with Crippen LogP contribution in [0.5, 0.6) is 0 Å². The van der Waals surface area contributed by atoms with Crippen molar-refractivity contribution in [1.82, 2.24) is 20.0 Å². The van der Waals surface area contributed by atoms with Crippen LogP contribution in [0.15, 0.2) is 65.9 Å². The van der Waals surface area contributed by atoms with Gasteiger partial charge in [0.15, 0.2) is 0 Å². The van der Waals surface area contributed by atoms with Gasteiger partial charge in [-0.05, 0) is 30.0 Å². The molecule has 5 rings (SSSR count). The van der Waals surface area contributed by atoms with Crippen LogP contribution in [0.4, 0.5) is 4.79 Å². The van der Waals surface area contributed by atoms with Gasteiger partial charge < -0.3 is 15.1 Å². The number of hydrogen-bond acceptors (Lipinski definition) is 3. The fraction of sp³-hybridized carbons (Fsp3) is 0.346. The molecule has 3 aliphatic rings. The lowest BCUT2D eigenvalue weighted by Gasteiger charge is -2.31. The highest BCUT2D eigenvalue weighted by molar-refractivity contribution is 6.31. The van der Waals surface area contributed by atoms with Gasteiger partial charge in [0.2, 0.25) is 5.91 Å². The summed E-state index contributed by atoms with van der Waals surface area (Å²) in [5.74, 6) is -0.272. The zero-order valence-corrected chi connectivity index (χ0v) is 19.8. The maximum absolute atomic E-state index is 13.9. The molecule has 8 heteroatoms. The van der Waals surface area contributed by atoms with Gasteiger partial charge in [0.1, 0.15) is 6.04 Å². The first-order chi connectivity index (χ1) is 16.5. The number of likely N-dealkylation sites (tertiary alicyclic amines) is 1. The lowest BCUT2D eigenvalue weighted by atomic mass is 9.95. The molecule has 2 aromatic carbocycles. The number of benzene rings is 2. The van der Waals surface area contributed by atoms with Gasteiger partial charge in [0.05, 0.1) is 23.9 Å². The van der Waals surface area contributed by atoms with E-state index in [4.69, 9.17) is 11.6 Å². The lowest BCUT2D eigenvalue weighted by Crippen LogP contribution is -2.50. The first kappa shape index (κ1) is 22.5. The van der Waals surface area contributed by atoms with Crippen LogP contribution in [-0.4, -0.2) is 65.3 Å². The summed E-state index contributed by atoms with van der Waals surface area (Å²) in [6, 6.07) is 15.3. The van der Waals surface area contributed by atoms with Crippen molar-refractivity contribution >= 4 is 29.4 Å². The first-order valence-corrected chi connectivity index (χ1v) is 12.0. The highest BCUT2D eigenvalue weighted by atomic mass is 35.5. The second-order valence-electron chi connectivity index (χ2n) is 8.99. The molecular weight excluding hydrogens is 452 g/mol. The lowest BCUT2D eigenvalue weighted by molar-refractivity contribution is -0.142. The van der Waals surface area contributed by atoms with Crippen molar-refractivity contribution in [2.75, 3.05) is 26.7 Å². The number of rotatable bonds is 5. The van der Waals surface area contributed by atoms with Crippen molar-refractivity contribution in [3.8, 4) is 0 Å². The van der Waals surface area contributed by atoms with Gasteiger partial charge in [-0.15, -0.1) is 0 Å². The van der Waals surface area contributed by atoms with E-state index < -0.39 is 12.1 Å². The Kier molecular flexibility index (Phi) is 6.04. The average molecular weight is 479 g/mol. The standard InChI is InChI=1S/C26H27ClN4O3/c1-29-21-16-31(20(15-17-9-3-2-4-10-17)24(32)30-13-7-8-14-30)25(33)22(21)23(28-26(29)34)18-11-5-6-12-19(18)27/h2-6,9-12,20,23H,7-8,13-16H2,1H3,(H,28,34). The van der Waals surface area contributed by atoms with Crippen LogP contribution in [0, 0.1) is 0 Å². The van der Waals surface area contributed by atoms with Crippen LogP contribution < -0.4 is 5.32 Å². The van der Waals surface area contributed by atoms with E-state index in [1.165, 1.54) is 4.90 Å². The molecule has 0 spiro atoms. The third-order valence-corrected chi connectivity index (χ3v) is 7.30. The summed E-state index contributed by atoms with van der Waals surface area (Å²) >= 11 is 6.45. The normalized spacial score (nSPS) is 21.1. The molecule has 0 saturated carbocycles. The van der Waals surface area contributed by atoms with E-state index in [2.05, 4.69) is 5.32 Å². The number of carbonyl (C=O) groups is 3. The number of amides is 4. The molecule has 7 nitrogen and oxygen atoms in total. The number of nitrogens with one attached hydrogen (secondary N) is 1. The number of likely N-dealkylation sites (N-methyl/N-ethyl adjacent to an activating group) is 1. The minimum absolute atomic E-state index is 0.0363. The summed E-state index contributed by atoms with van der Waals surface area (Å²) in [5.41, 5.74) is 2.75. The number of nitrogens with zero attached hydrogens (tertiary/aromatic N) is 3. The third-order valence-electron chi connectivity index (χ3n) is 6.96. The van der Waals surface area contributed by atoms with Gasteiger partial charge in [0, 0.05) is 31.6 Å². The van der Waals surface area contributed by atoms with E-state index in [0.29, 0.717) is 41.4 Å². The average Bonchev–Trinajstić information content (AvgIpc) is 3.50. The molecular formula is C26H27ClN4O3. The van der Waals surface area contributed by atoms with Gasteiger partial charge in [-0.3, -0.25) is 14.5 Å². The van der Waals surface area contributed by atoms with Crippen molar-refractivity contribution in [2.24, 2.45) is 0 Å². The topological polar surface area (TPSA) is 73.0 Å². The molecule has 0 bridgehead atoms. The largest absolute Gasteiger partial charge is 0.341 e. The quantitative estimate of drug-likeness (QED) is 0.716. The number of hydrogen-bond donors (Lipinski definition) is 1. The fourth-order valence-electron chi connectivity index (χ4n) is 5.10. The Morgan fingerprint density at radius 2 is 1.74 bits per heavy atom. The van der Waals surface area contributed by atoms with E-state index in [1.807, 2.05) is 53.4 Å². The Labute approximate surface area is 204 Å². The Morgan fingerprint density at radius 3 is 2.44 bits per heavy atom. The third kappa shape index (κ3) is 3.94. The van der Waals surface area contributed by atoms with Crippen LogP contribution in [0.2, 0.25) is 5.02 Å². The van der Waals surface area contributed by atoms with Gasteiger partial charge in [0.25, 0.3) is 5.91 Å². The van der Waals surface area contributed by atoms with Crippen molar-refractivity contribution < 1.29 is 14.4 Å². The molecule has 0 aromatic heterocycles. The fourth-order valence-corrected chi connectivity index (χ4v) is 5.34. The van der Waals surface area contributed by atoms with Gasteiger partial charge in [-0.1, -0.05) is 60.1 Å². The van der Waals surface area contributed by atoms with E-state index >= 15 is 0 Å². The van der Waals surface area contributed by atoms with E-state index in [1.54, 1.807) is 18.0 Å². The van der Waals surface area contributed by atoms with Crippen LogP contribution in [0.3, 0.4) is 0 Å². The van der Waals surface area contributed by atoms with Crippen LogP contribution in [0.25, 0.3) is 0 Å². The van der Waals surface area contributed by atoms with Crippen molar-refractivity contribution in [3.05, 3.63) is 82.0 Å². The number of urea groups is 1. The molecule has 1 N–H and O–H groups in total. The van der Waals surface area contributed by atoms with Crippen LogP contribution >= 0.6 is 11.6 Å². The van der Waals surface area contributed by atoms with E-state index in [0.717, 1.165) is 18.4 Å². The second kappa shape index (κ2) is 9.14. The highest BCUT2D eigenvalue weighted by Crippen LogP contribution is 2.39. The van der Waals surface area contributed by atoms with Crippen LogP contribution in [-0.2, 0) is 16.0 Å². The SMILES string of the molecule is CN1C(=O)NC(c2ccccc2Cl)C2=C1CN(C(Cc1ccccc1)C(=O)N1CCCC1)C2=O. The second-order valence-corrected chi connectivity index (χ2v) is 9.40. The molecule has 0 radical (unpaired) electrons. The Bertz CT molecular complexity index is 1160. The first-order valence-electron chi connectivity index (χ1n) is 11.6. The summed E-state index contributed by atoms with van der Waals surface area (Å²) in [7, 11) is 1.65. The highest BCUT2D eigenvalue weighted by Gasteiger charge is 2.47. The zero-order valence-electron chi connectivity index (χ0n) is 19.0. The maximum atomic E-state index is 13.9. The molecule has 0 aliphatic carbocycles. The Morgan fingerprint density at radius 1 is 1.06 bits per heavy atom. The van der Waals surface area contributed by atoms with Crippen molar-refractivity contribution in [3.63, 3.8) is 0 Å². The molecule has 3 aliphatic heterocycles. The summed E-state index contributed by atoms with van der Waals surface area (Å²) in [4.78, 5) is 45.3. The van der Waals surface area contributed by atoms with Crippen molar-refractivity contribution in [1.29, 1.82) is 0 Å². The zero-order chi connectivity index (χ0) is 23.8. The predicted octanol–water partition coefficient (Wildman–Crippen LogP) is 3.37. The minimum atomic E-state index is -0.663. The minimum Gasteiger partial charge on any atom is -0.341 e. The van der Waals surface area contributed by atoms with Gasteiger partial charge in [-0.25, -0.2) is 4.79 Å². The van der Waals surface area contributed by atoms with E-state index in [9.17, 15) is 14.4 Å². The summed E-state index contributed by atoms with van der Waals surface area (Å²) in [6.45, 7) is 1.62. The summed E-state index contributed by atoms with van der Waals surface area (Å²) < 4.78 is 0. The Hall–Kier alpha value is -3.32. The molecule has 1 saturated heterocycles. The Balaban J connectivity index is 1.52. The molecule has 3 heterocycles. The molecule has 2 aromatic rings. The van der Waals surface area contributed by atoms with E-state index in [-0.39, 0.29) is 24.4 Å². The number of carbonyl (C=O) groups excluding carboxylic acids is 3. The molecule has 176 valence electrons. The summed E-state index contributed by atoms with van der Waals surface area (Å²) in [5, 5.41) is 3.40. The molecule has 4 amide bonds. The molecule has 34 heavy (non-hydrogen) atoms. The maximum Gasteiger partial charge on any atom is 0.322 e. The van der Waals surface area contributed by atoms with Gasteiger partial charge >= 0.3 is 6.03 Å². The van der Waals surface area contributed by atoms with Crippen molar-refractivity contribution in [2.45, 2.75) is 31.3 Å². The molecule has 1 fully saturated rings. The molecule has 2 atom stereocenters. The number of halogens is 1. The van der Waals surface area contributed by atoms with Gasteiger partial charge in [-0.2, -0.15) is 0 Å². The summed E-state index contributed by atoms with van der Waals surface area (Å²) in [6.07, 6.45) is 2.37. The monoisotopic (exact) mass is 478 g/mol. The predicted molar refractivity (Wildman–Crippen MR) is 129 cm³/mol. The molecule has 2 unspecified atom stereocenters. The smallest absolute Gasteiger partial charge is 0.322 e. The van der Waals surface area contributed by atoms with Crippen LogP contribution in [0.1, 0.15) is 30.0 Å².